The topological polar surface area (TPSA) is 41.5 Å². The molecular formula is C14H22ClNO2. The van der Waals surface area contributed by atoms with Crippen LogP contribution in [0.25, 0.3) is 0 Å². The Balaban J connectivity index is 0.00000162. The number of phenolic OH excluding ortho intramolecular Hbond substituents is 1. The molecule has 1 aliphatic rings. The van der Waals surface area contributed by atoms with E-state index in [-0.39, 0.29) is 24.0 Å². The first-order valence-electron chi connectivity index (χ1n) is 6.21. The van der Waals surface area contributed by atoms with Crippen molar-refractivity contribution in [2.45, 2.75) is 45.3 Å². The van der Waals surface area contributed by atoms with Crippen LogP contribution in [0.3, 0.4) is 0 Å². The molecule has 1 fully saturated rings. The van der Waals surface area contributed by atoms with Gasteiger partial charge in [-0.25, -0.2) is 0 Å². The van der Waals surface area contributed by atoms with Gasteiger partial charge in [0.25, 0.3) is 0 Å². The second-order valence-corrected chi connectivity index (χ2v) is 5.58. The Kier molecular flexibility index (Phi) is 4.88. The average molecular weight is 272 g/mol. The third-order valence-electron chi connectivity index (χ3n) is 2.86. The monoisotopic (exact) mass is 271 g/mol. The lowest BCUT2D eigenvalue weighted by Gasteiger charge is -2.22. The van der Waals surface area contributed by atoms with Crippen molar-refractivity contribution >= 4 is 12.4 Å². The minimum Gasteiger partial charge on any atom is -0.508 e. The van der Waals surface area contributed by atoms with Crippen molar-refractivity contribution in [3.63, 3.8) is 0 Å². The highest BCUT2D eigenvalue weighted by atomic mass is 35.5. The molecule has 18 heavy (non-hydrogen) atoms. The minimum atomic E-state index is -0.211. The first kappa shape index (κ1) is 15.1. The van der Waals surface area contributed by atoms with Gasteiger partial charge in [0.1, 0.15) is 17.1 Å². The van der Waals surface area contributed by atoms with Crippen molar-refractivity contribution in [1.82, 2.24) is 5.32 Å². The minimum absolute atomic E-state index is 0. The summed E-state index contributed by atoms with van der Waals surface area (Å²) in [5.41, 5.74) is 0.737. The molecule has 2 rings (SSSR count). The summed E-state index contributed by atoms with van der Waals surface area (Å²) in [4.78, 5) is 0. The molecule has 1 aromatic rings. The number of rotatable bonds is 2. The van der Waals surface area contributed by atoms with Crippen LogP contribution in [0.15, 0.2) is 18.2 Å². The van der Waals surface area contributed by atoms with E-state index in [0.717, 1.165) is 30.7 Å². The molecule has 0 saturated carbocycles. The third-order valence-corrected chi connectivity index (χ3v) is 2.86. The predicted octanol–water partition coefficient (Wildman–Crippen LogP) is 3.42. The van der Waals surface area contributed by atoms with Gasteiger partial charge in [-0.3, -0.25) is 0 Å². The van der Waals surface area contributed by atoms with Crippen LogP contribution in [0.4, 0.5) is 0 Å². The van der Waals surface area contributed by atoms with Gasteiger partial charge in [0.05, 0.1) is 0 Å². The fourth-order valence-corrected chi connectivity index (χ4v) is 2.18. The standard InChI is InChI=1S/C14H21NO2.ClH/c1-14(2,3)17-10-6-7-13(16)11(9-10)12-5-4-8-15-12;/h6-7,9,12,15-16H,4-5,8H2,1-3H3;1H/t12-;/m0./s1. The van der Waals surface area contributed by atoms with Gasteiger partial charge in [-0.2, -0.15) is 0 Å². The Morgan fingerprint density at radius 2 is 2.06 bits per heavy atom. The number of hydrogen-bond acceptors (Lipinski definition) is 3. The summed E-state index contributed by atoms with van der Waals surface area (Å²) < 4.78 is 5.82. The first-order valence-corrected chi connectivity index (χ1v) is 6.21. The van der Waals surface area contributed by atoms with Gasteiger partial charge in [0.2, 0.25) is 0 Å². The number of ether oxygens (including phenoxy) is 1. The quantitative estimate of drug-likeness (QED) is 0.866. The molecule has 0 radical (unpaired) electrons. The third kappa shape index (κ3) is 3.79. The zero-order valence-electron chi connectivity index (χ0n) is 11.2. The molecule has 3 nitrogen and oxygen atoms in total. The molecule has 0 aliphatic carbocycles. The summed E-state index contributed by atoms with van der Waals surface area (Å²) in [6, 6.07) is 5.75. The average Bonchev–Trinajstić information content (AvgIpc) is 2.72. The Labute approximate surface area is 115 Å². The van der Waals surface area contributed by atoms with E-state index < -0.39 is 0 Å². The molecular weight excluding hydrogens is 250 g/mol. The number of halogens is 1. The van der Waals surface area contributed by atoms with E-state index in [1.54, 1.807) is 6.07 Å². The number of phenols is 1. The fraction of sp³-hybridized carbons (Fsp3) is 0.571. The van der Waals surface area contributed by atoms with Crippen LogP contribution < -0.4 is 10.1 Å². The second-order valence-electron chi connectivity index (χ2n) is 5.58. The van der Waals surface area contributed by atoms with E-state index in [0.29, 0.717) is 5.75 Å². The number of benzene rings is 1. The first-order chi connectivity index (χ1) is 7.96. The maximum atomic E-state index is 9.90. The zero-order chi connectivity index (χ0) is 12.5. The molecule has 0 unspecified atom stereocenters. The molecule has 0 amide bonds. The van der Waals surface area contributed by atoms with Crippen LogP contribution in [-0.4, -0.2) is 17.3 Å². The highest BCUT2D eigenvalue weighted by Crippen LogP contribution is 2.33. The molecule has 1 aliphatic heterocycles. The Bertz CT molecular complexity index is 395. The molecule has 102 valence electrons. The summed E-state index contributed by atoms with van der Waals surface area (Å²) in [7, 11) is 0. The van der Waals surface area contributed by atoms with Crippen LogP contribution in [0.1, 0.15) is 45.2 Å². The molecule has 1 aromatic carbocycles. The summed E-state index contributed by atoms with van der Waals surface area (Å²) in [5.74, 6) is 1.17. The number of hydrogen-bond donors (Lipinski definition) is 2. The fourth-order valence-electron chi connectivity index (χ4n) is 2.18. The maximum absolute atomic E-state index is 9.90. The molecule has 1 heterocycles. The SMILES string of the molecule is CC(C)(C)Oc1ccc(O)c([C@@H]2CCCN2)c1.Cl. The van der Waals surface area contributed by atoms with Gasteiger partial charge in [-0.1, -0.05) is 0 Å². The number of aromatic hydroxyl groups is 1. The molecule has 4 heteroatoms. The Morgan fingerprint density at radius 1 is 1.33 bits per heavy atom. The van der Waals surface area contributed by atoms with Crippen molar-refractivity contribution in [1.29, 1.82) is 0 Å². The van der Waals surface area contributed by atoms with Crippen LogP contribution in [0.2, 0.25) is 0 Å². The zero-order valence-corrected chi connectivity index (χ0v) is 12.0. The van der Waals surface area contributed by atoms with Crippen molar-refractivity contribution in [2.75, 3.05) is 6.54 Å². The van der Waals surface area contributed by atoms with Crippen molar-refractivity contribution in [3.05, 3.63) is 23.8 Å². The largest absolute Gasteiger partial charge is 0.508 e. The van der Waals surface area contributed by atoms with Crippen LogP contribution in [0, 0.1) is 0 Å². The molecule has 2 N–H and O–H groups in total. The molecule has 0 bridgehead atoms. The van der Waals surface area contributed by atoms with Gasteiger partial charge in [0, 0.05) is 11.6 Å². The summed E-state index contributed by atoms with van der Waals surface area (Å²) in [6.45, 7) is 7.09. The van der Waals surface area contributed by atoms with E-state index in [9.17, 15) is 5.11 Å². The van der Waals surface area contributed by atoms with Gasteiger partial charge in [0.15, 0.2) is 0 Å². The van der Waals surface area contributed by atoms with Crippen molar-refractivity contribution in [2.24, 2.45) is 0 Å². The lowest BCUT2D eigenvalue weighted by Crippen LogP contribution is -2.23. The van der Waals surface area contributed by atoms with E-state index >= 15 is 0 Å². The van der Waals surface area contributed by atoms with E-state index in [4.69, 9.17) is 4.74 Å². The van der Waals surface area contributed by atoms with Crippen molar-refractivity contribution in [3.8, 4) is 11.5 Å². The van der Waals surface area contributed by atoms with E-state index in [1.165, 1.54) is 0 Å². The highest BCUT2D eigenvalue weighted by molar-refractivity contribution is 5.85. The second kappa shape index (κ2) is 5.81. The normalized spacial score (nSPS) is 19.4. The summed E-state index contributed by atoms with van der Waals surface area (Å²) >= 11 is 0. The van der Waals surface area contributed by atoms with Crippen LogP contribution in [0.5, 0.6) is 11.5 Å². The predicted molar refractivity (Wildman–Crippen MR) is 75.7 cm³/mol. The van der Waals surface area contributed by atoms with Crippen molar-refractivity contribution < 1.29 is 9.84 Å². The van der Waals surface area contributed by atoms with Gasteiger partial charge < -0.3 is 15.2 Å². The Hall–Kier alpha value is -0.930. The number of nitrogens with one attached hydrogen (secondary N) is 1. The maximum Gasteiger partial charge on any atom is 0.120 e. The van der Waals surface area contributed by atoms with Crippen LogP contribution in [-0.2, 0) is 0 Å². The summed E-state index contributed by atoms with van der Waals surface area (Å²) in [6.07, 6.45) is 2.24. The van der Waals surface area contributed by atoms with Gasteiger partial charge in [-0.05, 0) is 58.4 Å². The molecule has 0 spiro atoms. The van der Waals surface area contributed by atoms with Gasteiger partial charge in [-0.15, -0.1) is 12.4 Å². The van der Waals surface area contributed by atoms with E-state index in [1.807, 2.05) is 32.9 Å². The van der Waals surface area contributed by atoms with E-state index in [2.05, 4.69) is 5.32 Å². The molecule has 1 atom stereocenters. The Morgan fingerprint density at radius 3 is 2.61 bits per heavy atom. The molecule has 0 aromatic heterocycles. The lowest BCUT2D eigenvalue weighted by molar-refractivity contribution is 0.130. The summed E-state index contributed by atoms with van der Waals surface area (Å²) in [5, 5.41) is 13.3. The molecule has 1 saturated heterocycles. The van der Waals surface area contributed by atoms with Gasteiger partial charge >= 0.3 is 0 Å². The lowest BCUT2D eigenvalue weighted by atomic mass is 10.0. The highest BCUT2D eigenvalue weighted by Gasteiger charge is 2.21. The van der Waals surface area contributed by atoms with Crippen LogP contribution >= 0.6 is 12.4 Å². The smallest absolute Gasteiger partial charge is 0.120 e.